The first-order valence-corrected chi connectivity index (χ1v) is 5.47. The Bertz CT molecular complexity index is 318. The molecule has 0 aliphatic rings. The molecule has 0 fully saturated rings. The van der Waals surface area contributed by atoms with E-state index in [1.165, 1.54) is 0 Å². The SMILES string of the molecule is Cc1cc(OC(C)C)nc(NCCCl)n1. The molecule has 84 valence electrons. The summed E-state index contributed by atoms with van der Waals surface area (Å²) < 4.78 is 5.49. The van der Waals surface area contributed by atoms with Crippen molar-refractivity contribution in [2.45, 2.75) is 26.9 Å². The molecule has 15 heavy (non-hydrogen) atoms. The van der Waals surface area contributed by atoms with Crippen LogP contribution in [0.1, 0.15) is 19.5 Å². The van der Waals surface area contributed by atoms with Gasteiger partial charge in [0.1, 0.15) is 0 Å². The Morgan fingerprint density at radius 2 is 2.20 bits per heavy atom. The van der Waals surface area contributed by atoms with Gasteiger partial charge in [0.2, 0.25) is 11.8 Å². The first kappa shape index (κ1) is 12.0. The van der Waals surface area contributed by atoms with Gasteiger partial charge in [-0.05, 0) is 20.8 Å². The molecule has 0 aromatic carbocycles. The molecule has 0 atom stereocenters. The highest BCUT2D eigenvalue weighted by Gasteiger charge is 2.04. The number of ether oxygens (including phenoxy) is 1. The molecular formula is C10H16ClN3O. The summed E-state index contributed by atoms with van der Waals surface area (Å²) in [4.78, 5) is 8.43. The third-order valence-electron chi connectivity index (χ3n) is 1.56. The summed E-state index contributed by atoms with van der Waals surface area (Å²) in [6, 6.07) is 1.81. The Labute approximate surface area is 95.0 Å². The van der Waals surface area contributed by atoms with Crippen LogP contribution in [0.2, 0.25) is 0 Å². The zero-order chi connectivity index (χ0) is 11.3. The molecular weight excluding hydrogens is 214 g/mol. The smallest absolute Gasteiger partial charge is 0.226 e. The van der Waals surface area contributed by atoms with Crippen LogP contribution in [-0.4, -0.2) is 28.5 Å². The summed E-state index contributed by atoms with van der Waals surface area (Å²) in [5.74, 6) is 1.68. The van der Waals surface area contributed by atoms with E-state index in [2.05, 4.69) is 15.3 Å². The molecule has 1 rings (SSSR count). The molecule has 1 N–H and O–H groups in total. The van der Waals surface area contributed by atoms with Crippen LogP contribution in [0.3, 0.4) is 0 Å². The quantitative estimate of drug-likeness (QED) is 0.787. The van der Waals surface area contributed by atoms with Gasteiger partial charge in [0, 0.05) is 24.2 Å². The summed E-state index contributed by atoms with van der Waals surface area (Å²) in [6.07, 6.45) is 0.111. The highest BCUT2D eigenvalue weighted by Crippen LogP contribution is 2.13. The van der Waals surface area contributed by atoms with Crippen molar-refractivity contribution in [3.8, 4) is 5.88 Å². The summed E-state index contributed by atoms with van der Waals surface area (Å²) in [5, 5.41) is 3.01. The standard InChI is InChI=1S/C10H16ClN3O/c1-7(2)15-9-6-8(3)13-10(14-9)12-5-4-11/h6-7H,4-5H2,1-3H3,(H,12,13,14). The van der Waals surface area contributed by atoms with E-state index in [1.54, 1.807) is 0 Å². The number of hydrogen-bond acceptors (Lipinski definition) is 4. The second kappa shape index (κ2) is 5.75. The minimum absolute atomic E-state index is 0.111. The minimum atomic E-state index is 0.111. The van der Waals surface area contributed by atoms with E-state index in [0.717, 1.165) is 5.69 Å². The Morgan fingerprint density at radius 3 is 2.80 bits per heavy atom. The number of nitrogens with one attached hydrogen (secondary N) is 1. The van der Waals surface area contributed by atoms with Gasteiger partial charge in [-0.15, -0.1) is 11.6 Å². The molecule has 0 aliphatic carbocycles. The van der Waals surface area contributed by atoms with E-state index in [4.69, 9.17) is 16.3 Å². The van der Waals surface area contributed by atoms with Gasteiger partial charge in [-0.3, -0.25) is 0 Å². The van der Waals surface area contributed by atoms with Crippen LogP contribution in [0, 0.1) is 6.92 Å². The summed E-state index contributed by atoms with van der Waals surface area (Å²) >= 11 is 5.57. The maximum absolute atomic E-state index is 5.57. The highest BCUT2D eigenvalue weighted by molar-refractivity contribution is 6.18. The number of aryl methyl sites for hydroxylation is 1. The number of halogens is 1. The van der Waals surface area contributed by atoms with Crippen LogP contribution in [0.15, 0.2) is 6.07 Å². The minimum Gasteiger partial charge on any atom is -0.475 e. The van der Waals surface area contributed by atoms with Crippen molar-refractivity contribution in [1.82, 2.24) is 9.97 Å². The van der Waals surface area contributed by atoms with Gasteiger partial charge >= 0.3 is 0 Å². The Kier molecular flexibility index (Phi) is 4.62. The molecule has 0 unspecified atom stereocenters. The predicted molar refractivity (Wildman–Crippen MR) is 61.7 cm³/mol. The highest BCUT2D eigenvalue weighted by atomic mass is 35.5. The molecule has 4 nitrogen and oxygen atoms in total. The molecule has 0 saturated carbocycles. The van der Waals surface area contributed by atoms with Gasteiger partial charge in [0.15, 0.2) is 0 Å². The van der Waals surface area contributed by atoms with Gasteiger partial charge in [0.05, 0.1) is 6.10 Å². The van der Waals surface area contributed by atoms with Crippen molar-refractivity contribution in [2.75, 3.05) is 17.7 Å². The molecule has 0 amide bonds. The van der Waals surface area contributed by atoms with Crippen molar-refractivity contribution >= 4 is 17.5 Å². The lowest BCUT2D eigenvalue weighted by molar-refractivity contribution is 0.232. The Hall–Kier alpha value is -1.03. The average Bonchev–Trinajstić information content (AvgIpc) is 2.12. The molecule has 0 saturated heterocycles. The van der Waals surface area contributed by atoms with Crippen molar-refractivity contribution in [3.63, 3.8) is 0 Å². The van der Waals surface area contributed by atoms with E-state index >= 15 is 0 Å². The fourth-order valence-corrected chi connectivity index (χ4v) is 1.17. The fraction of sp³-hybridized carbons (Fsp3) is 0.600. The number of rotatable bonds is 5. The maximum atomic E-state index is 5.57. The third-order valence-corrected chi connectivity index (χ3v) is 1.75. The van der Waals surface area contributed by atoms with Gasteiger partial charge < -0.3 is 10.1 Å². The van der Waals surface area contributed by atoms with Crippen molar-refractivity contribution in [1.29, 1.82) is 0 Å². The van der Waals surface area contributed by atoms with Gasteiger partial charge in [0.25, 0.3) is 0 Å². The lowest BCUT2D eigenvalue weighted by Gasteiger charge is -2.10. The molecule has 1 heterocycles. The van der Waals surface area contributed by atoms with Crippen molar-refractivity contribution in [3.05, 3.63) is 11.8 Å². The van der Waals surface area contributed by atoms with Crippen LogP contribution < -0.4 is 10.1 Å². The van der Waals surface area contributed by atoms with Crippen molar-refractivity contribution < 1.29 is 4.74 Å². The third kappa shape index (κ3) is 4.34. The van der Waals surface area contributed by atoms with Crippen LogP contribution in [0.5, 0.6) is 5.88 Å². The first-order valence-electron chi connectivity index (χ1n) is 4.94. The summed E-state index contributed by atoms with van der Waals surface area (Å²) in [7, 11) is 0. The topological polar surface area (TPSA) is 47.0 Å². The monoisotopic (exact) mass is 229 g/mol. The molecule has 1 aromatic heterocycles. The van der Waals surface area contributed by atoms with E-state index in [9.17, 15) is 0 Å². The number of aromatic nitrogens is 2. The zero-order valence-electron chi connectivity index (χ0n) is 9.25. The first-order chi connectivity index (χ1) is 7.11. The Balaban J connectivity index is 2.75. The molecule has 0 spiro atoms. The summed E-state index contributed by atoms with van der Waals surface area (Å²) in [5.41, 5.74) is 0.873. The molecule has 0 bridgehead atoms. The van der Waals surface area contributed by atoms with Gasteiger partial charge in [-0.1, -0.05) is 0 Å². The van der Waals surface area contributed by atoms with E-state index < -0.39 is 0 Å². The number of nitrogens with zero attached hydrogens (tertiary/aromatic N) is 2. The summed E-state index contributed by atoms with van der Waals surface area (Å²) in [6.45, 7) is 6.47. The lowest BCUT2D eigenvalue weighted by Crippen LogP contribution is -2.11. The molecule has 0 radical (unpaired) electrons. The zero-order valence-corrected chi connectivity index (χ0v) is 10.0. The average molecular weight is 230 g/mol. The maximum Gasteiger partial charge on any atom is 0.226 e. The van der Waals surface area contributed by atoms with E-state index in [-0.39, 0.29) is 6.10 Å². The molecule has 0 aliphatic heterocycles. The predicted octanol–water partition coefficient (Wildman–Crippen LogP) is 2.22. The second-order valence-corrected chi connectivity index (χ2v) is 3.83. The fourth-order valence-electron chi connectivity index (χ4n) is 1.08. The van der Waals surface area contributed by atoms with Crippen LogP contribution in [0.25, 0.3) is 0 Å². The number of alkyl halides is 1. The molecule has 5 heteroatoms. The normalized spacial score (nSPS) is 10.5. The largest absolute Gasteiger partial charge is 0.475 e. The van der Waals surface area contributed by atoms with Gasteiger partial charge in [-0.25, -0.2) is 4.98 Å². The lowest BCUT2D eigenvalue weighted by atomic mass is 10.4. The molecule has 1 aromatic rings. The number of hydrogen-bond donors (Lipinski definition) is 1. The number of anilines is 1. The van der Waals surface area contributed by atoms with Gasteiger partial charge in [-0.2, -0.15) is 4.98 Å². The van der Waals surface area contributed by atoms with E-state index in [0.29, 0.717) is 24.3 Å². The Morgan fingerprint density at radius 1 is 1.47 bits per heavy atom. The van der Waals surface area contributed by atoms with E-state index in [1.807, 2.05) is 26.8 Å². The van der Waals surface area contributed by atoms with Crippen LogP contribution >= 0.6 is 11.6 Å². The van der Waals surface area contributed by atoms with Crippen molar-refractivity contribution in [2.24, 2.45) is 0 Å². The van der Waals surface area contributed by atoms with Crippen LogP contribution in [0.4, 0.5) is 5.95 Å². The second-order valence-electron chi connectivity index (χ2n) is 3.45. The van der Waals surface area contributed by atoms with Crippen LogP contribution in [-0.2, 0) is 0 Å².